The zero-order valence-corrected chi connectivity index (χ0v) is 19.2. The molecule has 1 aliphatic rings. The molecule has 32 heavy (non-hydrogen) atoms. The molecule has 1 aliphatic heterocycles. The molecule has 3 atom stereocenters. The highest BCUT2D eigenvalue weighted by atomic mass is 16.1. The van der Waals surface area contributed by atoms with Gasteiger partial charge in [0.1, 0.15) is 5.52 Å². The number of nitrogens with one attached hydrogen (secondary N) is 1. The van der Waals surface area contributed by atoms with Crippen molar-refractivity contribution in [1.82, 2.24) is 29.6 Å². The molecule has 8 heteroatoms. The van der Waals surface area contributed by atoms with Crippen molar-refractivity contribution in [3.8, 4) is 0 Å². The molecule has 0 spiro atoms. The van der Waals surface area contributed by atoms with Crippen LogP contribution in [0.4, 0.5) is 5.69 Å². The number of H-pyrrole nitrogens is 1. The van der Waals surface area contributed by atoms with E-state index in [9.17, 15) is 4.79 Å². The molecule has 1 unspecified atom stereocenters. The van der Waals surface area contributed by atoms with Crippen LogP contribution in [0.15, 0.2) is 41.5 Å². The molecule has 0 radical (unpaired) electrons. The molecule has 3 aromatic heterocycles. The van der Waals surface area contributed by atoms with Crippen molar-refractivity contribution in [2.24, 2.45) is 7.05 Å². The summed E-state index contributed by atoms with van der Waals surface area (Å²) in [5, 5.41) is 7.59. The largest absolute Gasteiger partial charge is 0.364 e. The second-order valence-corrected chi connectivity index (χ2v) is 9.00. The van der Waals surface area contributed by atoms with Gasteiger partial charge in [-0.25, -0.2) is 0 Å². The number of aromatic nitrogens is 5. The molecule has 1 fully saturated rings. The van der Waals surface area contributed by atoms with E-state index in [1.54, 1.807) is 30.1 Å². The smallest absolute Gasteiger partial charge is 0.252 e. The zero-order valence-electron chi connectivity index (χ0n) is 19.2. The van der Waals surface area contributed by atoms with E-state index in [1.807, 2.05) is 6.92 Å². The van der Waals surface area contributed by atoms with Crippen LogP contribution in [0.5, 0.6) is 0 Å². The summed E-state index contributed by atoms with van der Waals surface area (Å²) in [6.45, 7) is 10.4. The SMILES string of the molecule is Cc1[nH]nc2c(N3C[C@@H](C)N(C(C)c4ccc5nccnc5c4)C[C@@H]3C)cc(=O)n(C)c12. The van der Waals surface area contributed by atoms with Crippen LogP contribution in [0.25, 0.3) is 22.1 Å². The van der Waals surface area contributed by atoms with Gasteiger partial charge in [-0.1, -0.05) is 6.07 Å². The molecular weight excluding hydrogens is 402 g/mol. The number of hydrogen-bond acceptors (Lipinski definition) is 6. The van der Waals surface area contributed by atoms with E-state index in [2.05, 4.69) is 68.9 Å². The number of pyridine rings is 1. The monoisotopic (exact) mass is 431 g/mol. The van der Waals surface area contributed by atoms with Crippen molar-refractivity contribution in [2.75, 3.05) is 18.0 Å². The number of rotatable bonds is 3. The van der Waals surface area contributed by atoms with Gasteiger partial charge >= 0.3 is 0 Å². The van der Waals surface area contributed by atoms with E-state index >= 15 is 0 Å². The highest BCUT2D eigenvalue weighted by Crippen LogP contribution is 2.33. The number of fused-ring (bicyclic) bond motifs is 2. The molecule has 4 heterocycles. The molecule has 1 aromatic carbocycles. The van der Waals surface area contributed by atoms with Crippen LogP contribution in [-0.4, -0.2) is 54.8 Å². The van der Waals surface area contributed by atoms with Crippen LogP contribution < -0.4 is 10.5 Å². The van der Waals surface area contributed by atoms with Crippen LogP contribution in [-0.2, 0) is 7.05 Å². The number of hydrogen-bond donors (Lipinski definition) is 1. The van der Waals surface area contributed by atoms with E-state index in [4.69, 9.17) is 0 Å². The second-order valence-electron chi connectivity index (χ2n) is 9.00. The number of benzene rings is 1. The second kappa shape index (κ2) is 7.70. The van der Waals surface area contributed by atoms with Gasteiger partial charge in [0.25, 0.3) is 5.56 Å². The maximum absolute atomic E-state index is 12.7. The van der Waals surface area contributed by atoms with Crippen LogP contribution in [0.3, 0.4) is 0 Å². The maximum Gasteiger partial charge on any atom is 0.252 e. The van der Waals surface area contributed by atoms with E-state index in [1.165, 1.54) is 5.56 Å². The lowest BCUT2D eigenvalue weighted by Crippen LogP contribution is -2.57. The molecule has 0 aliphatic carbocycles. The lowest BCUT2D eigenvalue weighted by Gasteiger charge is -2.47. The molecule has 5 rings (SSSR count). The highest BCUT2D eigenvalue weighted by Gasteiger charge is 2.34. The first-order valence-corrected chi connectivity index (χ1v) is 11.1. The highest BCUT2D eigenvalue weighted by molar-refractivity contribution is 5.90. The Hall–Kier alpha value is -3.26. The van der Waals surface area contributed by atoms with E-state index in [-0.39, 0.29) is 17.6 Å². The minimum absolute atomic E-state index is 0.00933. The predicted octanol–water partition coefficient (Wildman–Crippen LogP) is 3.17. The Kier molecular flexibility index (Phi) is 4.97. The predicted molar refractivity (Wildman–Crippen MR) is 127 cm³/mol. The van der Waals surface area contributed by atoms with Gasteiger partial charge in [-0.3, -0.25) is 24.8 Å². The van der Waals surface area contributed by atoms with Crippen molar-refractivity contribution in [3.63, 3.8) is 0 Å². The Balaban J connectivity index is 1.45. The fourth-order valence-corrected chi connectivity index (χ4v) is 5.08. The minimum Gasteiger partial charge on any atom is -0.364 e. The average Bonchev–Trinajstić information content (AvgIpc) is 3.18. The molecule has 1 N–H and O–H groups in total. The Labute approximate surface area is 186 Å². The van der Waals surface area contributed by atoms with Crippen LogP contribution in [0, 0.1) is 6.92 Å². The minimum atomic E-state index is -0.00933. The fourth-order valence-electron chi connectivity index (χ4n) is 5.08. The van der Waals surface area contributed by atoms with Crippen molar-refractivity contribution in [3.05, 3.63) is 58.3 Å². The maximum atomic E-state index is 12.7. The first-order valence-electron chi connectivity index (χ1n) is 11.1. The molecule has 1 saturated heterocycles. The molecular formula is C24H29N7O. The standard InChI is InChI=1S/C24H29N7O/c1-14-13-31(21-11-22(32)29(5)24-16(3)27-28-23(21)24)15(2)12-30(14)17(4)18-6-7-19-20(10-18)26-9-8-25-19/h6-11,14-15,17H,12-13H2,1-5H3,(H,27,28)/t14-,15+,17?/m1/s1. The van der Waals surface area contributed by atoms with Crippen molar-refractivity contribution in [2.45, 2.75) is 45.8 Å². The third-order valence-corrected chi connectivity index (χ3v) is 6.90. The van der Waals surface area contributed by atoms with Crippen LogP contribution >= 0.6 is 0 Å². The lowest BCUT2D eigenvalue weighted by molar-refractivity contribution is 0.119. The Morgan fingerprint density at radius 1 is 1.06 bits per heavy atom. The average molecular weight is 432 g/mol. The number of piperazine rings is 1. The molecule has 8 nitrogen and oxygen atoms in total. The molecule has 4 aromatic rings. The van der Waals surface area contributed by atoms with Gasteiger partial charge in [0, 0.05) is 56.7 Å². The first-order chi connectivity index (χ1) is 15.3. The quantitative estimate of drug-likeness (QED) is 0.537. The summed E-state index contributed by atoms with van der Waals surface area (Å²) < 4.78 is 1.67. The number of anilines is 1. The van der Waals surface area contributed by atoms with Gasteiger partial charge in [0.2, 0.25) is 0 Å². The van der Waals surface area contributed by atoms with Gasteiger partial charge in [0.15, 0.2) is 0 Å². The summed E-state index contributed by atoms with van der Waals surface area (Å²) in [5.74, 6) is 0. The topological polar surface area (TPSA) is 82.9 Å². The van der Waals surface area contributed by atoms with Crippen molar-refractivity contribution < 1.29 is 0 Å². The van der Waals surface area contributed by atoms with Gasteiger partial charge < -0.3 is 9.47 Å². The Morgan fingerprint density at radius 2 is 1.81 bits per heavy atom. The van der Waals surface area contributed by atoms with Gasteiger partial charge in [-0.15, -0.1) is 0 Å². The summed E-state index contributed by atoms with van der Waals surface area (Å²) in [7, 11) is 1.80. The van der Waals surface area contributed by atoms with E-state index < -0.39 is 0 Å². The fraction of sp³-hybridized carbons (Fsp3) is 0.417. The van der Waals surface area contributed by atoms with E-state index in [0.29, 0.717) is 6.04 Å². The first kappa shape index (κ1) is 20.6. The molecule has 0 saturated carbocycles. The van der Waals surface area contributed by atoms with Crippen LogP contribution in [0.2, 0.25) is 0 Å². The van der Waals surface area contributed by atoms with Gasteiger partial charge in [-0.05, 0) is 45.4 Å². The Morgan fingerprint density at radius 3 is 2.59 bits per heavy atom. The molecule has 166 valence electrons. The Bertz CT molecular complexity index is 1360. The number of aryl methyl sites for hydroxylation is 2. The summed E-state index contributed by atoms with van der Waals surface area (Å²) in [4.78, 5) is 26.4. The van der Waals surface area contributed by atoms with Crippen molar-refractivity contribution >= 4 is 27.8 Å². The summed E-state index contributed by atoms with van der Waals surface area (Å²) in [6, 6.07) is 8.87. The van der Waals surface area contributed by atoms with Crippen LogP contribution in [0.1, 0.15) is 38.1 Å². The number of nitrogens with zero attached hydrogens (tertiary/aromatic N) is 6. The third-order valence-electron chi connectivity index (χ3n) is 6.90. The van der Waals surface area contributed by atoms with Gasteiger partial charge in [0.05, 0.1) is 27.9 Å². The van der Waals surface area contributed by atoms with Crippen molar-refractivity contribution in [1.29, 1.82) is 0 Å². The third kappa shape index (κ3) is 3.26. The number of aromatic amines is 1. The summed E-state index contributed by atoms with van der Waals surface area (Å²) in [5.41, 5.74) is 6.63. The summed E-state index contributed by atoms with van der Waals surface area (Å²) in [6.07, 6.45) is 3.46. The zero-order chi connectivity index (χ0) is 22.6. The summed E-state index contributed by atoms with van der Waals surface area (Å²) >= 11 is 0. The lowest BCUT2D eigenvalue weighted by atomic mass is 9.99. The van der Waals surface area contributed by atoms with E-state index in [0.717, 1.165) is 46.5 Å². The normalized spacial score (nSPS) is 20.8. The molecule has 0 amide bonds. The van der Waals surface area contributed by atoms with Gasteiger partial charge in [-0.2, -0.15) is 5.10 Å². The molecule has 0 bridgehead atoms.